The van der Waals surface area contributed by atoms with Crippen LogP contribution in [0.4, 0.5) is 24.5 Å². The lowest BCUT2D eigenvalue weighted by Crippen LogP contribution is -2.53. The second-order valence-electron chi connectivity index (χ2n) is 18.8. The number of nitrogens with one attached hydrogen (secondary N) is 4. The molecule has 1 fully saturated rings. The molecule has 5 rings (SSSR count). The standard InChI is InChI=1S/C55H69F3N6O10/c1-5-54(2,3)49(67)52(70)64-31-11-9-19-45(64)53(71)74-47(27-21-36-20-26-46(72-4)38(32-36)34-65)37-22-24-41(25-23-37)73-35-48(66)60-28-10-8-17-43(59)51(69)62-30-13-29-61-50(68)42-16-6-7-18-44(42)63-40-15-12-14-39(33-40)55(56,57)58/h6-7,12,14-16,18,20,22-26,32-33,43,45,47,63,65H,5,8-11,13,17,19,21,27-31,34-35,59H2,1-4H3,(H,60,66)(H,61,68)(H,62,69)/t43?,45-,47+/m0/s1. The Hall–Kier alpha value is -6.99. The van der Waals surface area contributed by atoms with Crippen LogP contribution in [0.5, 0.6) is 11.5 Å². The number of rotatable bonds is 27. The Morgan fingerprint density at radius 2 is 1.57 bits per heavy atom. The number of benzene rings is 4. The number of ether oxygens (including phenoxy) is 3. The van der Waals surface area contributed by atoms with Gasteiger partial charge in [0.1, 0.15) is 23.6 Å². The number of likely N-dealkylation sites (tertiary alicyclic amines) is 1. The summed E-state index contributed by atoms with van der Waals surface area (Å²) in [4.78, 5) is 80.2. The van der Waals surface area contributed by atoms with Crippen molar-refractivity contribution in [3.8, 4) is 11.5 Å². The Morgan fingerprint density at radius 3 is 2.28 bits per heavy atom. The number of alkyl halides is 3. The number of hydrogen-bond donors (Lipinski definition) is 6. The number of carbonyl (C=O) groups excluding carboxylic acids is 6. The predicted octanol–water partition coefficient (Wildman–Crippen LogP) is 7.48. The first-order chi connectivity index (χ1) is 35.3. The van der Waals surface area contributed by atoms with E-state index in [1.54, 1.807) is 68.4 Å². The van der Waals surface area contributed by atoms with Crippen LogP contribution in [0, 0.1) is 5.41 Å². The van der Waals surface area contributed by atoms with Crippen molar-refractivity contribution in [1.29, 1.82) is 0 Å². The van der Waals surface area contributed by atoms with Gasteiger partial charge in [-0.1, -0.05) is 57.2 Å². The average molecular weight is 1030 g/mol. The van der Waals surface area contributed by atoms with E-state index < -0.39 is 58.9 Å². The lowest BCUT2D eigenvalue weighted by molar-refractivity contribution is -0.164. The molecule has 4 aromatic carbocycles. The Kier molecular flexibility index (Phi) is 21.8. The molecule has 4 aromatic rings. The van der Waals surface area contributed by atoms with E-state index >= 15 is 0 Å². The van der Waals surface area contributed by atoms with Crippen molar-refractivity contribution >= 4 is 46.8 Å². The first kappa shape index (κ1) is 57.9. The molecule has 7 N–H and O–H groups in total. The quantitative estimate of drug-likeness (QED) is 0.0194. The number of methoxy groups -OCH3 is 1. The third kappa shape index (κ3) is 17.0. The van der Waals surface area contributed by atoms with Gasteiger partial charge >= 0.3 is 12.1 Å². The normalized spacial score (nSPS) is 14.5. The number of esters is 1. The van der Waals surface area contributed by atoms with Crippen molar-refractivity contribution in [3.63, 3.8) is 0 Å². The molecule has 16 nitrogen and oxygen atoms in total. The number of piperidine rings is 1. The van der Waals surface area contributed by atoms with Gasteiger partial charge in [-0.3, -0.25) is 24.0 Å². The van der Waals surface area contributed by atoms with Gasteiger partial charge < -0.3 is 51.2 Å². The second-order valence-corrected chi connectivity index (χ2v) is 18.8. The number of aliphatic hydroxyl groups is 1. The minimum atomic E-state index is -4.51. The molecular weight excluding hydrogens is 962 g/mol. The number of ketones is 1. The van der Waals surface area contributed by atoms with Crippen molar-refractivity contribution in [1.82, 2.24) is 20.9 Å². The fraction of sp³-hybridized carbons (Fsp3) is 0.455. The van der Waals surface area contributed by atoms with Gasteiger partial charge in [0.25, 0.3) is 17.7 Å². The number of hydrogen-bond acceptors (Lipinski definition) is 12. The highest BCUT2D eigenvalue weighted by Crippen LogP contribution is 2.33. The highest BCUT2D eigenvalue weighted by Gasteiger charge is 2.41. The van der Waals surface area contributed by atoms with E-state index in [4.69, 9.17) is 19.9 Å². The Balaban J connectivity index is 1.03. The number of aliphatic hydroxyl groups excluding tert-OH is 1. The van der Waals surface area contributed by atoms with Crippen LogP contribution in [0.1, 0.15) is 117 Å². The molecule has 0 bridgehead atoms. The summed E-state index contributed by atoms with van der Waals surface area (Å²) in [6, 6.07) is 21.7. The fourth-order valence-corrected chi connectivity index (χ4v) is 8.20. The summed E-state index contributed by atoms with van der Waals surface area (Å²) in [6.45, 7) is 5.83. The third-order valence-electron chi connectivity index (χ3n) is 13.0. The zero-order valence-electron chi connectivity index (χ0n) is 42.5. The Labute approximate surface area is 430 Å². The summed E-state index contributed by atoms with van der Waals surface area (Å²) in [5.41, 5.74) is 7.29. The number of nitrogens with two attached hydrogens (primary N) is 1. The van der Waals surface area contributed by atoms with E-state index in [9.17, 15) is 47.0 Å². The van der Waals surface area contributed by atoms with Gasteiger partial charge in [0.2, 0.25) is 11.7 Å². The van der Waals surface area contributed by atoms with Crippen LogP contribution in [-0.2, 0) is 47.9 Å². The van der Waals surface area contributed by atoms with Crippen LogP contribution in [-0.4, -0.2) is 97.4 Å². The first-order valence-corrected chi connectivity index (χ1v) is 25.0. The smallest absolute Gasteiger partial charge is 0.416 e. The fourth-order valence-electron chi connectivity index (χ4n) is 8.20. The van der Waals surface area contributed by atoms with Crippen LogP contribution in [0.2, 0.25) is 0 Å². The lowest BCUT2D eigenvalue weighted by atomic mass is 9.84. The molecule has 0 spiro atoms. The monoisotopic (exact) mass is 1030 g/mol. The Bertz CT molecular complexity index is 2540. The summed E-state index contributed by atoms with van der Waals surface area (Å²) < 4.78 is 56.9. The molecule has 19 heteroatoms. The van der Waals surface area contributed by atoms with Crippen molar-refractivity contribution in [3.05, 3.63) is 119 Å². The number of aryl methyl sites for hydroxylation is 1. The third-order valence-corrected chi connectivity index (χ3v) is 13.0. The maximum Gasteiger partial charge on any atom is 0.416 e. The van der Waals surface area contributed by atoms with E-state index in [2.05, 4.69) is 21.3 Å². The van der Waals surface area contributed by atoms with E-state index in [-0.39, 0.29) is 55.9 Å². The molecule has 1 aliphatic rings. The number of halogens is 3. The summed E-state index contributed by atoms with van der Waals surface area (Å²) >= 11 is 0. The minimum Gasteiger partial charge on any atom is -0.496 e. The van der Waals surface area contributed by atoms with E-state index in [1.165, 1.54) is 24.1 Å². The van der Waals surface area contributed by atoms with Gasteiger partial charge in [-0.25, -0.2) is 4.79 Å². The van der Waals surface area contributed by atoms with Crippen LogP contribution in [0.3, 0.4) is 0 Å². The number of Topliss-reactive ketones (excluding diaryl/α,β-unsaturated/α-hetero) is 1. The predicted molar refractivity (Wildman–Crippen MR) is 272 cm³/mol. The van der Waals surface area contributed by atoms with Crippen molar-refractivity contribution in [2.45, 2.75) is 116 Å². The van der Waals surface area contributed by atoms with Gasteiger partial charge in [-0.2, -0.15) is 13.2 Å². The molecular formula is C55H69F3N6O10. The molecule has 3 atom stereocenters. The molecule has 4 amide bonds. The van der Waals surface area contributed by atoms with E-state index in [0.29, 0.717) is 99.1 Å². The van der Waals surface area contributed by atoms with Gasteiger partial charge in [0.15, 0.2) is 6.61 Å². The largest absolute Gasteiger partial charge is 0.496 e. The maximum atomic E-state index is 13.9. The average Bonchev–Trinajstić information content (AvgIpc) is 3.40. The van der Waals surface area contributed by atoms with Crippen molar-refractivity contribution in [2.24, 2.45) is 11.1 Å². The van der Waals surface area contributed by atoms with E-state index in [1.807, 2.05) is 19.1 Å². The molecule has 1 heterocycles. The number of para-hydroxylation sites is 1. The number of amides is 4. The molecule has 1 saturated heterocycles. The maximum absolute atomic E-state index is 13.9. The molecule has 0 aromatic heterocycles. The highest BCUT2D eigenvalue weighted by molar-refractivity contribution is 6.38. The van der Waals surface area contributed by atoms with Gasteiger partial charge in [0.05, 0.1) is 36.6 Å². The topological polar surface area (TPSA) is 228 Å². The van der Waals surface area contributed by atoms with E-state index in [0.717, 1.165) is 17.7 Å². The van der Waals surface area contributed by atoms with Crippen LogP contribution >= 0.6 is 0 Å². The van der Waals surface area contributed by atoms with Crippen molar-refractivity contribution < 1.29 is 61.3 Å². The number of unbranched alkanes of at least 4 members (excludes halogenated alkanes) is 1. The molecule has 0 aliphatic carbocycles. The SMILES string of the molecule is CCC(C)(C)C(=O)C(=O)N1CCCC[C@H]1C(=O)O[C@H](CCc1ccc(OC)c(CO)c1)c1ccc(OCC(=O)NCCCCC(N)C(=O)NCCCNC(=O)c2ccccc2Nc2cccc(C(F)(F)F)c2)cc1. The molecule has 1 unspecified atom stereocenters. The molecule has 400 valence electrons. The summed E-state index contributed by atoms with van der Waals surface area (Å²) in [7, 11) is 1.52. The zero-order valence-corrected chi connectivity index (χ0v) is 42.5. The van der Waals surface area contributed by atoms with Crippen LogP contribution < -0.4 is 36.5 Å². The summed E-state index contributed by atoms with van der Waals surface area (Å²) in [6.07, 6.45) is -0.407. The van der Waals surface area contributed by atoms with Crippen molar-refractivity contribution in [2.75, 3.05) is 45.2 Å². The molecule has 1 aliphatic heterocycles. The first-order valence-electron chi connectivity index (χ1n) is 25.0. The second kappa shape index (κ2) is 27.9. The summed E-state index contributed by atoms with van der Waals surface area (Å²) in [5, 5.41) is 21.1. The van der Waals surface area contributed by atoms with Gasteiger partial charge in [0, 0.05) is 42.8 Å². The number of nitrogens with zero attached hydrogens (tertiary/aromatic N) is 1. The van der Waals surface area contributed by atoms with Crippen LogP contribution in [0.15, 0.2) is 91.0 Å². The molecule has 0 radical (unpaired) electrons. The Morgan fingerprint density at radius 1 is 0.838 bits per heavy atom. The molecule has 74 heavy (non-hydrogen) atoms. The molecule has 0 saturated carbocycles. The zero-order chi connectivity index (χ0) is 53.8. The minimum absolute atomic E-state index is 0.176. The van der Waals surface area contributed by atoms with Gasteiger partial charge in [-0.15, -0.1) is 0 Å². The summed E-state index contributed by atoms with van der Waals surface area (Å²) in [5.74, 6) is -2.05. The van der Waals surface area contributed by atoms with Crippen LogP contribution in [0.25, 0.3) is 0 Å². The lowest BCUT2D eigenvalue weighted by Gasteiger charge is -2.36. The number of carbonyl (C=O) groups is 6. The highest BCUT2D eigenvalue weighted by atomic mass is 19.4. The number of anilines is 2. The van der Waals surface area contributed by atoms with Gasteiger partial charge in [-0.05, 0) is 130 Å².